The van der Waals surface area contributed by atoms with Crippen molar-refractivity contribution < 1.29 is 4.74 Å². The van der Waals surface area contributed by atoms with E-state index in [4.69, 9.17) is 10.5 Å². The van der Waals surface area contributed by atoms with E-state index >= 15 is 0 Å². The van der Waals surface area contributed by atoms with E-state index in [9.17, 15) is 0 Å². The summed E-state index contributed by atoms with van der Waals surface area (Å²) in [5, 5.41) is 0. The van der Waals surface area contributed by atoms with E-state index in [2.05, 4.69) is 38.1 Å². The molecule has 0 bridgehead atoms. The number of hydrogen-bond donors (Lipinski definition) is 1. The Morgan fingerprint density at radius 1 is 1.19 bits per heavy atom. The van der Waals surface area contributed by atoms with Crippen molar-refractivity contribution in [1.29, 1.82) is 0 Å². The SMILES string of the molecule is CC(C)c1ccc(COCC(C)(C)N)cc1. The van der Waals surface area contributed by atoms with E-state index in [1.54, 1.807) is 0 Å². The van der Waals surface area contributed by atoms with Gasteiger partial charge >= 0.3 is 0 Å². The Hall–Kier alpha value is -0.860. The van der Waals surface area contributed by atoms with Crippen LogP contribution < -0.4 is 5.73 Å². The first-order valence-electron chi connectivity index (χ1n) is 5.84. The van der Waals surface area contributed by atoms with Crippen LogP contribution in [0.4, 0.5) is 0 Å². The quantitative estimate of drug-likeness (QED) is 0.829. The average molecular weight is 221 g/mol. The molecule has 0 aliphatic heterocycles. The van der Waals surface area contributed by atoms with Crippen LogP contribution in [-0.2, 0) is 11.3 Å². The van der Waals surface area contributed by atoms with Crippen LogP contribution in [0.3, 0.4) is 0 Å². The van der Waals surface area contributed by atoms with Gasteiger partial charge in [-0.2, -0.15) is 0 Å². The molecule has 2 N–H and O–H groups in total. The van der Waals surface area contributed by atoms with Crippen LogP contribution >= 0.6 is 0 Å². The first kappa shape index (κ1) is 13.2. The number of benzene rings is 1. The van der Waals surface area contributed by atoms with Gasteiger partial charge in [0, 0.05) is 5.54 Å². The summed E-state index contributed by atoms with van der Waals surface area (Å²) in [6, 6.07) is 8.57. The molecule has 0 aliphatic rings. The third-order valence-corrected chi connectivity index (χ3v) is 2.39. The zero-order chi connectivity index (χ0) is 12.2. The second-order valence-electron chi connectivity index (χ2n) is 5.38. The Balaban J connectivity index is 2.44. The largest absolute Gasteiger partial charge is 0.375 e. The maximum Gasteiger partial charge on any atom is 0.0717 e. The average Bonchev–Trinajstić information content (AvgIpc) is 2.16. The fourth-order valence-electron chi connectivity index (χ4n) is 1.43. The van der Waals surface area contributed by atoms with Crippen LogP contribution in [0.2, 0.25) is 0 Å². The molecular formula is C14H23NO. The summed E-state index contributed by atoms with van der Waals surface area (Å²) < 4.78 is 5.56. The first-order chi connectivity index (χ1) is 7.38. The molecule has 1 aromatic carbocycles. The maximum absolute atomic E-state index is 5.84. The molecule has 0 spiro atoms. The summed E-state index contributed by atoms with van der Waals surface area (Å²) in [5.41, 5.74) is 8.15. The van der Waals surface area contributed by atoms with Crippen LogP contribution in [-0.4, -0.2) is 12.1 Å². The molecule has 0 amide bonds. The number of rotatable bonds is 5. The van der Waals surface area contributed by atoms with Gasteiger partial charge in [0.05, 0.1) is 13.2 Å². The predicted octanol–water partition coefficient (Wildman–Crippen LogP) is 3.06. The van der Waals surface area contributed by atoms with E-state index in [0.717, 1.165) is 0 Å². The maximum atomic E-state index is 5.84. The Labute approximate surface area is 98.8 Å². The smallest absolute Gasteiger partial charge is 0.0717 e. The van der Waals surface area contributed by atoms with E-state index in [-0.39, 0.29) is 5.54 Å². The van der Waals surface area contributed by atoms with Gasteiger partial charge in [-0.1, -0.05) is 38.1 Å². The molecule has 0 unspecified atom stereocenters. The van der Waals surface area contributed by atoms with Crippen LogP contribution in [0.15, 0.2) is 24.3 Å². The Morgan fingerprint density at radius 2 is 1.75 bits per heavy atom. The molecule has 0 atom stereocenters. The lowest BCUT2D eigenvalue weighted by molar-refractivity contribution is 0.0851. The lowest BCUT2D eigenvalue weighted by Crippen LogP contribution is -2.37. The zero-order valence-corrected chi connectivity index (χ0v) is 10.8. The minimum absolute atomic E-state index is 0.252. The lowest BCUT2D eigenvalue weighted by atomic mass is 10.0. The molecule has 2 nitrogen and oxygen atoms in total. The molecule has 0 aliphatic carbocycles. The second kappa shape index (κ2) is 5.46. The third-order valence-electron chi connectivity index (χ3n) is 2.39. The fraction of sp³-hybridized carbons (Fsp3) is 0.571. The minimum Gasteiger partial charge on any atom is -0.375 e. The predicted molar refractivity (Wildman–Crippen MR) is 68.5 cm³/mol. The topological polar surface area (TPSA) is 35.2 Å². The standard InChI is InChI=1S/C14H23NO/c1-11(2)13-7-5-12(6-8-13)9-16-10-14(3,4)15/h5-8,11H,9-10,15H2,1-4H3. The number of hydrogen-bond acceptors (Lipinski definition) is 2. The zero-order valence-electron chi connectivity index (χ0n) is 10.8. The van der Waals surface area contributed by atoms with Crippen molar-refractivity contribution in [2.24, 2.45) is 5.73 Å². The van der Waals surface area contributed by atoms with E-state index in [1.165, 1.54) is 11.1 Å². The summed E-state index contributed by atoms with van der Waals surface area (Å²) in [7, 11) is 0. The Bertz CT molecular complexity index is 309. The highest BCUT2D eigenvalue weighted by molar-refractivity contribution is 5.24. The monoisotopic (exact) mass is 221 g/mol. The summed E-state index contributed by atoms with van der Waals surface area (Å²) in [6.45, 7) is 9.55. The molecule has 0 heterocycles. The van der Waals surface area contributed by atoms with Crippen LogP contribution in [0.1, 0.15) is 44.7 Å². The van der Waals surface area contributed by atoms with Crippen LogP contribution in [0, 0.1) is 0 Å². The van der Waals surface area contributed by atoms with E-state index in [1.807, 2.05) is 13.8 Å². The molecular weight excluding hydrogens is 198 g/mol. The van der Waals surface area contributed by atoms with Gasteiger partial charge in [0.25, 0.3) is 0 Å². The minimum atomic E-state index is -0.252. The van der Waals surface area contributed by atoms with Crippen molar-refractivity contribution in [1.82, 2.24) is 0 Å². The summed E-state index contributed by atoms with van der Waals surface area (Å²) in [5.74, 6) is 0.581. The summed E-state index contributed by atoms with van der Waals surface area (Å²) >= 11 is 0. The first-order valence-corrected chi connectivity index (χ1v) is 5.84. The highest BCUT2D eigenvalue weighted by atomic mass is 16.5. The van der Waals surface area contributed by atoms with Gasteiger partial charge in [-0.3, -0.25) is 0 Å². The normalized spacial score (nSPS) is 12.1. The Morgan fingerprint density at radius 3 is 2.19 bits per heavy atom. The van der Waals surface area contributed by atoms with Gasteiger partial charge in [-0.25, -0.2) is 0 Å². The van der Waals surface area contributed by atoms with Crippen LogP contribution in [0.25, 0.3) is 0 Å². The molecule has 0 radical (unpaired) electrons. The molecule has 0 fully saturated rings. The molecule has 0 saturated heterocycles. The van der Waals surface area contributed by atoms with Crippen LogP contribution in [0.5, 0.6) is 0 Å². The fourth-order valence-corrected chi connectivity index (χ4v) is 1.43. The van der Waals surface area contributed by atoms with Gasteiger partial charge in [-0.05, 0) is 30.9 Å². The molecule has 0 saturated carbocycles. The van der Waals surface area contributed by atoms with Crippen molar-refractivity contribution in [3.05, 3.63) is 35.4 Å². The van der Waals surface area contributed by atoms with Crippen molar-refractivity contribution in [3.8, 4) is 0 Å². The number of nitrogens with two attached hydrogens (primary N) is 1. The van der Waals surface area contributed by atoms with Crippen molar-refractivity contribution >= 4 is 0 Å². The van der Waals surface area contributed by atoms with E-state index < -0.39 is 0 Å². The molecule has 1 aromatic rings. The molecule has 16 heavy (non-hydrogen) atoms. The molecule has 2 heteroatoms. The van der Waals surface area contributed by atoms with E-state index in [0.29, 0.717) is 19.1 Å². The van der Waals surface area contributed by atoms with Gasteiger partial charge < -0.3 is 10.5 Å². The second-order valence-corrected chi connectivity index (χ2v) is 5.38. The highest BCUT2D eigenvalue weighted by Crippen LogP contribution is 2.15. The van der Waals surface area contributed by atoms with Crippen molar-refractivity contribution in [2.45, 2.75) is 45.8 Å². The van der Waals surface area contributed by atoms with Crippen molar-refractivity contribution in [3.63, 3.8) is 0 Å². The van der Waals surface area contributed by atoms with Gasteiger partial charge in [0.1, 0.15) is 0 Å². The molecule has 1 rings (SSSR count). The molecule has 0 aromatic heterocycles. The highest BCUT2D eigenvalue weighted by Gasteiger charge is 2.10. The van der Waals surface area contributed by atoms with Gasteiger partial charge in [0.2, 0.25) is 0 Å². The lowest BCUT2D eigenvalue weighted by Gasteiger charge is -2.18. The van der Waals surface area contributed by atoms with Gasteiger partial charge in [-0.15, -0.1) is 0 Å². The van der Waals surface area contributed by atoms with Gasteiger partial charge in [0.15, 0.2) is 0 Å². The summed E-state index contributed by atoms with van der Waals surface area (Å²) in [4.78, 5) is 0. The Kier molecular flexibility index (Phi) is 4.51. The molecule has 90 valence electrons. The number of ether oxygens (including phenoxy) is 1. The third kappa shape index (κ3) is 4.77. The summed E-state index contributed by atoms with van der Waals surface area (Å²) in [6.07, 6.45) is 0. The van der Waals surface area contributed by atoms with Crippen molar-refractivity contribution in [2.75, 3.05) is 6.61 Å².